The van der Waals surface area contributed by atoms with Crippen molar-refractivity contribution in [3.8, 4) is 0 Å². The number of benzene rings is 1. The van der Waals surface area contributed by atoms with Gasteiger partial charge in [0.2, 0.25) is 0 Å². The van der Waals surface area contributed by atoms with Gasteiger partial charge in [0, 0.05) is 17.6 Å². The second kappa shape index (κ2) is 6.94. The molecule has 0 bridgehead atoms. The van der Waals surface area contributed by atoms with Crippen molar-refractivity contribution < 1.29 is 9.50 Å². The molecule has 1 aromatic carbocycles. The number of nitrogens with one attached hydrogen (secondary N) is 1. The predicted molar refractivity (Wildman–Crippen MR) is 68.6 cm³/mol. The lowest BCUT2D eigenvalue weighted by atomic mass is 10.0. The van der Waals surface area contributed by atoms with Crippen molar-refractivity contribution in [1.82, 2.24) is 5.32 Å². The summed E-state index contributed by atoms with van der Waals surface area (Å²) in [6.07, 6.45) is 0.878. The molecule has 0 spiro atoms. The van der Waals surface area contributed by atoms with E-state index in [4.69, 9.17) is 11.6 Å². The van der Waals surface area contributed by atoms with Crippen LogP contribution in [-0.2, 0) is 6.54 Å². The zero-order chi connectivity index (χ0) is 12.8. The molecule has 0 aromatic heterocycles. The lowest BCUT2D eigenvalue weighted by Gasteiger charge is -2.18. The molecule has 1 rings (SSSR count). The number of aliphatic hydroxyl groups is 1. The van der Waals surface area contributed by atoms with E-state index in [0.717, 1.165) is 6.42 Å². The van der Waals surface area contributed by atoms with E-state index in [2.05, 4.69) is 19.2 Å². The lowest BCUT2D eigenvalue weighted by Crippen LogP contribution is -2.33. The summed E-state index contributed by atoms with van der Waals surface area (Å²) in [7, 11) is 0. The maximum atomic E-state index is 13.0. The minimum atomic E-state index is -0.296. The fourth-order valence-electron chi connectivity index (χ4n) is 1.72. The summed E-state index contributed by atoms with van der Waals surface area (Å²) in [6.45, 7) is 4.73. The summed E-state index contributed by atoms with van der Waals surface area (Å²) in [5, 5.41) is 12.9. The third-order valence-corrected chi connectivity index (χ3v) is 2.93. The van der Waals surface area contributed by atoms with Gasteiger partial charge < -0.3 is 10.4 Å². The van der Waals surface area contributed by atoms with Crippen molar-refractivity contribution in [2.45, 2.75) is 32.9 Å². The Balaban J connectivity index is 2.56. The maximum absolute atomic E-state index is 13.0. The summed E-state index contributed by atoms with van der Waals surface area (Å²) in [4.78, 5) is 0. The minimum absolute atomic E-state index is 0.0225. The van der Waals surface area contributed by atoms with Gasteiger partial charge in [-0.25, -0.2) is 4.39 Å². The van der Waals surface area contributed by atoms with Crippen molar-refractivity contribution in [1.29, 1.82) is 0 Å². The summed E-state index contributed by atoms with van der Waals surface area (Å²) in [5.74, 6) is 0.207. The van der Waals surface area contributed by atoms with Gasteiger partial charge >= 0.3 is 0 Å². The van der Waals surface area contributed by atoms with Gasteiger partial charge in [0.15, 0.2) is 0 Å². The van der Waals surface area contributed by atoms with E-state index >= 15 is 0 Å². The number of halogens is 2. The fourth-order valence-corrected chi connectivity index (χ4v) is 1.91. The second-order valence-electron chi connectivity index (χ2n) is 4.63. The van der Waals surface area contributed by atoms with Gasteiger partial charge in [-0.2, -0.15) is 0 Å². The summed E-state index contributed by atoms with van der Waals surface area (Å²) in [5.41, 5.74) is 0.717. The molecule has 4 heteroatoms. The number of hydrogen-bond donors (Lipinski definition) is 2. The molecule has 0 heterocycles. The molecule has 1 aromatic rings. The van der Waals surface area contributed by atoms with Crippen molar-refractivity contribution >= 4 is 11.6 Å². The molecule has 1 atom stereocenters. The summed E-state index contributed by atoms with van der Waals surface area (Å²) >= 11 is 5.96. The summed E-state index contributed by atoms with van der Waals surface area (Å²) < 4.78 is 13.0. The van der Waals surface area contributed by atoms with Crippen LogP contribution in [0.2, 0.25) is 5.02 Å². The molecule has 2 nitrogen and oxygen atoms in total. The normalized spacial score (nSPS) is 13.1. The Morgan fingerprint density at radius 2 is 2.12 bits per heavy atom. The van der Waals surface area contributed by atoms with Gasteiger partial charge in [-0.3, -0.25) is 0 Å². The highest BCUT2D eigenvalue weighted by molar-refractivity contribution is 6.31. The topological polar surface area (TPSA) is 32.3 Å². The van der Waals surface area contributed by atoms with Crippen LogP contribution in [0.4, 0.5) is 4.39 Å². The highest BCUT2D eigenvalue weighted by Crippen LogP contribution is 2.17. The van der Waals surface area contributed by atoms with Crippen LogP contribution in [0.15, 0.2) is 18.2 Å². The average Bonchev–Trinajstić information content (AvgIpc) is 2.28. The molecule has 0 radical (unpaired) electrons. The monoisotopic (exact) mass is 259 g/mol. The van der Waals surface area contributed by atoms with E-state index in [1.807, 2.05) is 0 Å². The van der Waals surface area contributed by atoms with Crippen LogP contribution in [0, 0.1) is 11.7 Å². The van der Waals surface area contributed by atoms with Crippen LogP contribution in [0.25, 0.3) is 0 Å². The van der Waals surface area contributed by atoms with Crippen LogP contribution in [-0.4, -0.2) is 17.8 Å². The molecule has 17 heavy (non-hydrogen) atoms. The van der Waals surface area contributed by atoms with Crippen molar-refractivity contribution in [3.63, 3.8) is 0 Å². The molecular weight excluding hydrogens is 241 g/mol. The van der Waals surface area contributed by atoms with Gasteiger partial charge in [0.1, 0.15) is 5.82 Å². The Labute approximate surface area is 107 Å². The molecule has 0 saturated heterocycles. The molecule has 2 N–H and O–H groups in total. The third-order valence-electron chi connectivity index (χ3n) is 2.57. The molecule has 0 aliphatic carbocycles. The molecular formula is C13H19ClFNO. The molecule has 0 saturated carbocycles. The van der Waals surface area contributed by atoms with E-state index in [-0.39, 0.29) is 18.5 Å². The lowest BCUT2D eigenvalue weighted by molar-refractivity contribution is 0.223. The maximum Gasteiger partial charge on any atom is 0.123 e. The number of rotatable bonds is 6. The van der Waals surface area contributed by atoms with Crippen molar-refractivity contribution in [2.75, 3.05) is 6.61 Å². The Kier molecular flexibility index (Phi) is 5.89. The van der Waals surface area contributed by atoms with E-state index in [9.17, 15) is 9.50 Å². The van der Waals surface area contributed by atoms with Gasteiger partial charge in [0.05, 0.1) is 6.61 Å². The third kappa shape index (κ3) is 5.02. The number of aliphatic hydroxyl groups excluding tert-OH is 1. The first-order valence-corrected chi connectivity index (χ1v) is 6.19. The predicted octanol–water partition coefficient (Wildman–Crippen LogP) is 2.98. The molecule has 1 unspecified atom stereocenters. The molecule has 0 amide bonds. The molecule has 0 aliphatic rings. The smallest absolute Gasteiger partial charge is 0.123 e. The first-order chi connectivity index (χ1) is 8.02. The van der Waals surface area contributed by atoms with Gasteiger partial charge in [0.25, 0.3) is 0 Å². The highest BCUT2D eigenvalue weighted by Gasteiger charge is 2.10. The van der Waals surface area contributed by atoms with Crippen molar-refractivity contribution in [2.24, 2.45) is 5.92 Å². The Hall–Kier alpha value is -0.640. The van der Waals surface area contributed by atoms with Crippen LogP contribution in [0.5, 0.6) is 0 Å². The molecule has 0 aliphatic heterocycles. The van der Waals surface area contributed by atoms with E-state index in [1.54, 1.807) is 6.07 Å². The minimum Gasteiger partial charge on any atom is -0.395 e. The van der Waals surface area contributed by atoms with Crippen LogP contribution < -0.4 is 5.32 Å². The zero-order valence-electron chi connectivity index (χ0n) is 10.2. The van der Waals surface area contributed by atoms with E-state index < -0.39 is 0 Å². The summed E-state index contributed by atoms with van der Waals surface area (Å²) in [6, 6.07) is 4.32. The Morgan fingerprint density at radius 1 is 1.41 bits per heavy atom. The van der Waals surface area contributed by atoms with Crippen LogP contribution in [0.1, 0.15) is 25.8 Å². The standard InChI is InChI=1S/C13H19ClFNO/c1-9(2)5-12(8-17)16-7-10-6-11(15)3-4-13(10)14/h3-4,6,9,12,16-17H,5,7-8H2,1-2H3. The van der Waals surface area contributed by atoms with Gasteiger partial charge in [-0.05, 0) is 36.1 Å². The number of hydrogen-bond acceptors (Lipinski definition) is 2. The van der Waals surface area contributed by atoms with Crippen LogP contribution >= 0.6 is 11.6 Å². The van der Waals surface area contributed by atoms with Crippen LogP contribution in [0.3, 0.4) is 0 Å². The first-order valence-electron chi connectivity index (χ1n) is 5.81. The SMILES string of the molecule is CC(C)CC(CO)NCc1cc(F)ccc1Cl. The largest absolute Gasteiger partial charge is 0.395 e. The van der Waals surface area contributed by atoms with Gasteiger partial charge in [-0.15, -0.1) is 0 Å². The molecule has 0 fully saturated rings. The Morgan fingerprint density at radius 3 is 2.71 bits per heavy atom. The quantitative estimate of drug-likeness (QED) is 0.823. The van der Waals surface area contributed by atoms with E-state index in [1.165, 1.54) is 12.1 Å². The average molecular weight is 260 g/mol. The zero-order valence-corrected chi connectivity index (χ0v) is 11.0. The second-order valence-corrected chi connectivity index (χ2v) is 5.03. The van der Waals surface area contributed by atoms with Crippen molar-refractivity contribution in [3.05, 3.63) is 34.6 Å². The molecule has 96 valence electrons. The fraction of sp³-hybridized carbons (Fsp3) is 0.538. The van der Waals surface area contributed by atoms with Gasteiger partial charge in [-0.1, -0.05) is 25.4 Å². The van der Waals surface area contributed by atoms with E-state index in [0.29, 0.717) is 23.0 Å². The highest BCUT2D eigenvalue weighted by atomic mass is 35.5. The first kappa shape index (κ1) is 14.4. The Bertz CT molecular complexity index is 357.